The van der Waals surface area contributed by atoms with Crippen LogP contribution in [0, 0.1) is 0 Å². The third kappa shape index (κ3) is 4.08. The van der Waals surface area contributed by atoms with Gasteiger partial charge in [0.25, 0.3) is 0 Å². The molecule has 0 unspecified atom stereocenters. The number of amides is 1. The maximum atomic E-state index is 13.4. The summed E-state index contributed by atoms with van der Waals surface area (Å²) in [6.07, 6.45) is 0.309. The number of hydrogen-bond donors (Lipinski definition) is 0. The molecule has 0 aliphatic carbocycles. The van der Waals surface area contributed by atoms with Crippen LogP contribution in [-0.4, -0.2) is 26.2 Å². The smallest absolute Gasteiger partial charge is 0.232 e. The number of hydrogen-bond acceptors (Lipinski definition) is 4. The van der Waals surface area contributed by atoms with Crippen molar-refractivity contribution in [1.82, 2.24) is 0 Å². The molecule has 0 saturated heterocycles. The predicted octanol–water partition coefficient (Wildman–Crippen LogP) is 5.17. The fraction of sp³-hybridized carbons (Fsp3) is 0.269. The zero-order valence-corrected chi connectivity index (χ0v) is 18.1. The molecule has 4 rings (SSSR count). The van der Waals surface area contributed by atoms with Gasteiger partial charge in [0.2, 0.25) is 5.91 Å². The lowest BCUT2D eigenvalue weighted by molar-refractivity contribution is -0.118. The van der Waals surface area contributed by atoms with Crippen molar-refractivity contribution in [1.29, 1.82) is 0 Å². The Bertz CT molecular complexity index is 1050. The largest absolute Gasteiger partial charge is 0.497 e. The first-order chi connectivity index (χ1) is 15.2. The van der Waals surface area contributed by atoms with Crippen LogP contribution in [-0.2, 0) is 11.2 Å². The molecule has 3 aromatic carbocycles. The Morgan fingerprint density at radius 3 is 2.16 bits per heavy atom. The number of nitrogens with zero attached hydrogens (tertiary/aromatic N) is 1. The van der Waals surface area contributed by atoms with E-state index in [4.69, 9.17) is 14.2 Å². The molecule has 31 heavy (non-hydrogen) atoms. The van der Waals surface area contributed by atoms with Crippen molar-refractivity contribution in [2.45, 2.75) is 26.3 Å². The van der Waals surface area contributed by atoms with Gasteiger partial charge in [0.15, 0.2) is 11.5 Å². The summed E-state index contributed by atoms with van der Waals surface area (Å²) < 4.78 is 17.0. The van der Waals surface area contributed by atoms with Gasteiger partial charge in [0, 0.05) is 5.69 Å². The van der Waals surface area contributed by atoms with E-state index in [1.165, 1.54) is 0 Å². The fourth-order valence-electron chi connectivity index (χ4n) is 4.09. The molecule has 0 spiro atoms. The predicted molar refractivity (Wildman–Crippen MR) is 121 cm³/mol. The Balaban J connectivity index is 1.90. The summed E-state index contributed by atoms with van der Waals surface area (Å²) in [5, 5.41) is 0. The Hall–Kier alpha value is -3.47. The summed E-state index contributed by atoms with van der Waals surface area (Å²) in [7, 11) is 1.65. The topological polar surface area (TPSA) is 48.0 Å². The highest BCUT2D eigenvalue weighted by atomic mass is 16.5. The molecular formula is C26H27NO4. The minimum absolute atomic E-state index is 0.0473. The van der Waals surface area contributed by atoms with E-state index in [-0.39, 0.29) is 11.9 Å². The standard InChI is InChI=1S/C26H27NO4/c1-4-30-23-15-19-16-25(28)27(20-9-7-6-8-10-20)26(22(19)17-24(23)31-5-2)18-11-13-21(29-3)14-12-18/h6-15,17,26H,4-5,16H2,1-3H3/t26-/m0/s1. The number of para-hydroxylation sites is 1. The minimum atomic E-state index is -0.278. The molecule has 0 saturated carbocycles. The van der Waals surface area contributed by atoms with Gasteiger partial charge in [-0.1, -0.05) is 30.3 Å². The molecule has 0 aromatic heterocycles. The second kappa shape index (κ2) is 9.13. The zero-order chi connectivity index (χ0) is 21.8. The van der Waals surface area contributed by atoms with Crippen LogP contribution < -0.4 is 19.1 Å². The van der Waals surface area contributed by atoms with Crippen LogP contribution in [0.15, 0.2) is 66.7 Å². The lowest BCUT2D eigenvalue weighted by Crippen LogP contribution is -2.41. The lowest BCUT2D eigenvalue weighted by Gasteiger charge is -2.38. The van der Waals surface area contributed by atoms with E-state index in [1.54, 1.807) is 7.11 Å². The Morgan fingerprint density at radius 2 is 1.55 bits per heavy atom. The van der Waals surface area contributed by atoms with E-state index in [2.05, 4.69) is 0 Å². The van der Waals surface area contributed by atoms with E-state index < -0.39 is 0 Å². The molecular weight excluding hydrogens is 390 g/mol. The lowest BCUT2D eigenvalue weighted by atomic mass is 9.86. The van der Waals surface area contributed by atoms with E-state index in [0.29, 0.717) is 31.1 Å². The second-order valence-electron chi connectivity index (χ2n) is 7.32. The molecule has 160 valence electrons. The van der Waals surface area contributed by atoms with Gasteiger partial charge in [-0.3, -0.25) is 4.79 Å². The van der Waals surface area contributed by atoms with Crippen LogP contribution in [0.25, 0.3) is 0 Å². The van der Waals surface area contributed by atoms with Gasteiger partial charge < -0.3 is 19.1 Å². The van der Waals surface area contributed by atoms with Crippen LogP contribution in [0.1, 0.15) is 36.6 Å². The Kier molecular flexibility index (Phi) is 6.12. The van der Waals surface area contributed by atoms with Crippen LogP contribution in [0.3, 0.4) is 0 Å². The maximum Gasteiger partial charge on any atom is 0.232 e. The molecule has 0 fully saturated rings. The highest BCUT2D eigenvalue weighted by molar-refractivity contribution is 5.98. The third-order valence-electron chi connectivity index (χ3n) is 5.43. The highest BCUT2D eigenvalue weighted by Crippen LogP contribution is 2.43. The molecule has 3 aromatic rings. The van der Waals surface area contributed by atoms with Crippen LogP contribution in [0.5, 0.6) is 17.2 Å². The quantitative estimate of drug-likeness (QED) is 0.532. The van der Waals surface area contributed by atoms with Gasteiger partial charge in [-0.15, -0.1) is 0 Å². The van der Waals surface area contributed by atoms with Crippen molar-refractivity contribution in [3.05, 3.63) is 83.4 Å². The molecule has 0 bridgehead atoms. The van der Waals surface area contributed by atoms with Crippen LogP contribution in [0.2, 0.25) is 0 Å². The first kappa shape index (κ1) is 20.8. The monoisotopic (exact) mass is 417 g/mol. The number of carbonyl (C=O) groups is 1. The average Bonchev–Trinajstić information content (AvgIpc) is 2.80. The second-order valence-corrected chi connectivity index (χ2v) is 7.32. The Morgan fingerprint density at radius 1 is 0.903 bits per heavy atom. The van der Waals surface area contributed by atoms with Gasteiger partial charge in [-0.2, -0.15) is 0 Å². The molecule has 0 radical (unpaired) electrons. The minimum Gasteiger partial charge on any atom is -0.497 e. The van der Waals surface area contributed by atoms with Crippen LogP contribution >= 0.6 is 0 Å². The van der Waals surface area contributed by atoms with Gasteiger partial charge in [0.1, 0.15) is 5.75 Å². The molecule has 1 aliphatic rings. The summed E-state index contributed by atoms with van der Waals surface area (Å²) in [4.78, 5) is 15.2. The van der Waals surface area contributed by atoms with Crippen molar-refractivity contribution in [2.75, 3.05) is 25.2 Å². The summed E-state index contributed by atoms with van der Waals surface area (Å²) in [5.41, 5.74) is 3.88. The summed E-state index contributed by atoms with van der Waals surface area (Å²) >= 11 is 0. The van der Waals surface area contributed by atoms with Gasteiger partial charge in [-0.05, 0) is 66.9 Å². The van der Waals surface area contributed by atoms with E-state index in [9.17, 15) is 4.79 Å². The first-order valence-corrected chi connectivity index (χ1v) is 10.6. The molecule has 1 atom stereocenters. The van der Waals surface area contributed by atoms with Gasteiger partial charge >= 0.3 is 0 Å². The number of rotatable bonds is 7. The van der Waals surface area contributed by atoms with Gasteiger partial charge in [-0.25, -0.2) is 0 Å². The van der Waals surface area contributed by atoms with E-state index in [0.717, 1.165) is 28.1 Å². The summed E-state index contributed by atoms with van der Waals surface area (Å²) in [6.45, 7) is 4.96. The molecule has 5 nitrogen and oxygen atoms in total. The highest BCUT2D eigenvalue weighted by Gasteiger charge is 2.36. The van der Waals surface area contributed by atoms with Gasteiger partial charge in [0.05, 0.1) is 32.8 Å². The van der Waals surface area contributed by atoms with Crippen molar-refractivity contribution in [3.63, 3.8) is 0 Å². The molecule has 1 amide bonds. The number of benzene rings is 3. The third-order valence-corrected chi connectivity index (χ3v) is 5.43. The van der Waals surface area contributed by atoms with Crippen molar-refractivity contribution < 1.29 is 19.0 Å². The number of fused-ring (bicyclic) bond motifs is 1. The van der Waals surface area contributed by atoms with Crippen LogP contribution in [0.4, 0.5) is 5.69 Å². The number of ether oxygens (including phenoxy) is 3. The molecule has 0 N–H and O–H groups in total. The fourth-order valence-corrected chi connectivity index (χ4v) is 4.09. The molecule has 1 heterocycles. The van der Waals surface area contributed by atoms with Crippen molar-refractivity contribution >= 4 is 11.6 Å². The number of anilines is 1. The number of methoxy groups -OCH3 is 1. The SMILES string of the molecule is CCOc1cc2c(cc1OCC)[C@H](c1ccc(OC)cc1)N(c1ccccc1)C(=O)C2. The number of carbonyl (C=O) groups excluding carboxylic acids is 1. The van der Waals surface area contributed by atoms with E-state index >= 15 is 0 Å². The molecule has 5 heteroatoms. The maximum absolute atomic E-state index is 13.4. The molecule has 1 aliphatic heterocycles. The van der Waals surface area contributed by atoms with Crippen molar-refractivity contribution in [2.24, 2.45) is 0 Å². The summed E-state index contributed by atoms with van der Waals surface area (Å²) in [6, 6.07) is 21.4. The zero-order valence-electron chi connectivity index (χ0n) is 18.1. The Labute approximate surface area is 183 Å². The van der Waals surface area contributed by atoms with Crippen molar-refractivity contribution in [3.8, 4) is 17.2 Å². The van der Waals surface area contributed by atoms with E-state index in [1.807, 2.05) is 85.5 Å². The average molecular weight is 418 g/mol. The first-order valence-electron chi connectivity index (χ1n) is 10.6. The normalized spacial score (nSPS) is 15.4. The summed E-state index contributed by atoms with van der Waals surface area (Å²) in [5.74, 6) is 2.20.